The highest BCUT2D eigenvalue weighted by atomic mass is 16.5. The molecule has 0 saturated carbocycles. The zero-order chi connectivity index (χ0) is 19.8. The molecule has 3 rings (SSSR count). The molecule has 0 radical (unpaired) electrons. The second-order valence-electron chi connectivity index (χ2n) is 8.75. The third kappa shape index (κ3) is 4.49. The Bertz CT molecular complexity index is 849. The van der Waals surface area contributed by atoms with Gasteiger partial charge in [-0.3, -0.25) is 4.79 Å². The molecule has 0 atom stereocenters. The van der Waals surface area contributed by atoms with Crippen LogP contribution in [-0.4, -0.2) is 22.6 Å². The number of hydrogen-bond acceptors (Lipinski definition) is 5. The number of hydrogen-bond donors (Lipinski definition) is 1. The smallest absolute Gasteiger partial charge is 0.226 e. The molecule has 0 bridgehead atoms. The van der Waals surface area contributed by atoms with Crippen LogP contribution in [0.25, 0.3) is 0 Å². The zero-order valence-electron chi connectivity index (χ0n) is 17.3. The van der Waals surface area contributed by atoms with E-state index in [0.717, 1.165) is 53.3 Å². The molecule has 27 heavy (non-hydrogen) atoms. The first-order valence-electron chi connectivity index (χ1n) is 9.61. The molecule has 0 aromatic carbocycles. The Balaban J connectivity index is 1.82. The molecule has 3 heterocycles. The van der Waals surface area contributed by atoms with Crippen molar-refractivity contribution < 1.29 is 9.32 Å². The molecule has 0 unspecified atom stereocenters. The molecule has 0 aliphatic carbocycles. The summed E-state index contributed by atoms with van der Waals surface area (Å²) >= 11 is 0. The van der Waals surface area contributed by atoms with Crippen molar-refractivity contribution in [3.63, 3.8) is 0 Å². The van der Waals surface area contributed by atoms with Crippen molar-refractivity contribution in [1.29, 1.82) is 0 Å². The summed E-state index contributed by atoms with van der Waals surface area (Å²) in [5.41, 5.74) is 5.14. The minimum absolute atomic E-state index is 0.0125. The summed E-state index contributed by atoms with van der Waals surface area (Å²) in [6.45, 7) is 13.8. The van der Waals surface area contributed by atoms with Gasteiger partial charge in [0.1, 0.15) is 5.82 Å². The Morgan fingerprint density at radius 3 is 2.67 bits per heavy atom. The lowest BCUT2D eigenvalue weighted by molar-refractivity contribution is -0.117. The third-order valence-electron chi connectivity index (χ3n) is 4.99. The van der Waals surface area contributed by atoms with Crippen LogP contribution in [0.5, 0.6) is 0 Å². The van der Waals surface area contributed by atoms with Gasteiger partial charge in [-0.05, 0) is 50.7 Å². The molecular formula is C21H30N4O2. The average Bonchev–Trinajstić information content (AvgIpc) is 2.86. The lowest BCUT2D eigenvalue weighted by Crippen LogP contribution is -2.30. The van der Waals surface area contributed by atoms with Crippen molar-refractivity contribution >= 4 is 17.4 Å². The van der Waals surface area contributed by atoms with Crippen LogP contribution in [0.4, 0.5) is 11.5 Å². The number of aromatic nitrogens is 2. The van der Waals surface area contributed by atoms with Crippen LogP contribution in [0.15, 0.2) is 10.6 Å². The molecule has 0 fully saturated rings. The first kappa shape index (κ1) is 19.4. The number of amides is 1. The summed E-state index contributed by atoms with van der Waals surface area (Å²) in [7, 11) is 0. The SMILES string of the molecule is Cc1cc2c(nc1NC(=O)CC(C)(C)C)CCCN2Cc1onc(C)c1C. The molecule has 0 spiro atoms. The molecule has 1 aliphatic rings. The molecule has 146 valence electrons. The number of carbonyl (C=O) groups is 1. The van der Waals surface area contributed by atoms with Crippen molar-refractivity contribution in [3.05, 3.63) is 34.3 Å². The maximum atomic E-state index is 12.3. The first-order chi connectivity index (χ1) is 12.6. The van der Waals surface area contributed by atoms with E-state index in [1.54, 1.807) is 0 Å². The van der Waals surface area contributed by atoms with Crippen LogP contribution in [-0.2, 0) is 17.8 Å². The lowest BCUT2D eigenvalue weighted by atomic mass is 9.92. The number of anilines is 2. The second-order valence-corrected chi connectivity index (χ2v) is 8.75. The van der Waals surface area contributed by atoms with E-state index in [1.165, 1.54) is 0 Å². The number of fused-ring (bicyclic) bond motifs is 1. The summed E-state index contributed by atoms with van der Waals surface area (Å²) in [4.78, 5) is 19.4. The van der Waals surface area contributed by atoms with Gasteiger partial charge < -0.3 is 14.7 Å². The topological polar surface area (TPSA) is 71.3 Å². The van der Waals surface area contributed by atoms with E-state index in [4.69, 9.17) is 9.51 Å². The van der Waals surface area contributed by atoms with E-state index in [-0.39, 0.29) is 11.3 Å². The summed E-state index contributed by atoms with van der Waals surface area (Å²) in [5.74, 6) is 1.59. The van der Waals surface area contributed by atoms with Gasteiger partial charge in [-0.15, -0.1) is 0 Å². The van der Waals surface area contributed by atoms with Gasteiger partial charge in [0.25, 0.3) is 0 Å². The van der Waals surface area contributed by atoms with Crippen molar-refractivity contribution in [2.24, 2.45) is 5.41 Å². The van der Waals surface area contributed by atoms with E-state index in [9.17, 15) is 4.79 Å². The van der Waals surface area contributed by atoms with Gasteiger partial charge in [-0.1, -0.05) is 25.9 Å². The fourth-order valence-corrected chi connectivity index (χ4v) is 3.38. The van der Waals surface area contributed by atoms with E-state index in [1.807, 2.05) is 20.8 Å². The number of nitrogens with zero attached hydrogens (tertiary/aromatic N) is 3. The third-order valence-corrected chi connectivity index (χ3v) is 4.99. The Labute approximate surface area is 161 Å². The quantitative estimate of drug-likeness (QED) is 0.868. The molecular weight excluding hydrogens is 340 g/mol. The fraction of sp³-hybridized carbons (Fsp3) is 0.571. The number of nitrogens with one attached hydrogen (secondary N) is 1. The molecule has 2 aromatic heterocycles. The summed E-state index contributed by atoms with van der Waals surface area (Å²) in [6.07, 6.45) is 2.43. The Morgan fingerprint density at radius 1 is 1.30 bits per heavy atom. The average molecular weight is 370 g/mol. The van der Waals surface area contributed by atoms with Gasteiger partial charge in [-0.25, -0.2) is 4.98 Å². The van der Waals surface area contributed by atoms with E-state index < -0.39 is 0 Å². The van der Waals surface area contributed by atoms with Crippen LogP contribution in [0.2, 0.25) is 0 Å². The Hall–Kier alpha value is -2.37. The minimum atomic E-state index is -0.0456. The van der Waals surface area contributed by atoms with Gasteiger partial charge in [0, 0.05) is 18.5 Å². The van der Waals surface area contributed by atoms with E-state index >= 15 is 0 Å². The number of carbonyl (C=O) groups excluding carboxylic acids is 1. The standard InChI is InChI=1S/C21H30N4O2/c1-13-10-17-16(22-20(13)23-19(26)11-21(4,5)6)8-7-9-25(17)12-18-14(2)15(3)24-27-18/h10H,7-9,11-12H2,1-6H3,(H,22,23,26). The van der Waals surface area contributed by atoms with Gasteiger partial charge >= 0.3 is 0 Å². The van der Waals surface area contributed by atoms with Crippen molar-refractivity contribution in [2.75, 3.05) is 16.8 Å². The van der Waals surface area contributed by atoms with Gasteiger partial charge in [0.15, 0.2) is 5.76 Å². The van der Waals surface area contributed by atoms with Gasteiger partial charge in [0.05, 0.1) is 23.6 Å². The van der Waals surface area contributed by atoms with Crippen molar-refractivity contribution in [1.82, 2.24) is 10.1 Å². The van der Waals surface area contributed by atoms with E-state index in [2.05, 4.69) is 42.2 Å². The maximum Gasteiger partial charge on any atom is 0.226 e. The number of aryl methyl sites for hydroxylation is 3. The maximum absolute atomic E-state index is 12.3. The molecule has 2 aromatic rings. The minimum Gasteiger partial charge on any atom is -0.362 e. The highest BCUT2D eigenvalue weighted by molar-refractivity contribution is 5.91. The fourth-order valence-electron chi connectivity index (χ4n) is 3.38. The molecule has 1 amide bonds. The number of pyridine rings is 1. The van der Waals surface area contributed by atoms with Gasteiger partial charge in [0.2, 0.25) is 5.91 Å². The van der Waals surface area contributed by atoms with Crippen LogP contribution < -0.4 is 10.2 Å². The van der Waals surface area contributed by atoms with Crippen LogP contribution >= 0.6 is 0 Å². The molecule has 6 heteroatoms. The number of rotatable bonds is 4. The van der Waals surface area contributed by atoms with Gasteiger partial charge in [-0.2, -0.15) is 0 Å². The highest BCUT2D eigenvalue weighted by Crippen LogP contribution is 2.31. The Morgan fingerprint density at radius 2 is 2.04 bits per heavy atom. The summed E-state index contributed by atoms with van der Waals surface area (Å²) in [5, 5.41) is 7.06. The molecule has 0 saturated heterocycles. The molecule has 1 N–H and O–H groups in total. The molecule has 1 aliphatic heterocycles. The zero-order valence-corrected chi connectivity index (χ0v) is 17.3. The van der Waals surface area contributed by atoms with Crippen LogP contribution in [0, 0.1) is 26.2 Å². The normalized spacial score (nSPS) is 14.2. The second kappa shape index (κ2) is 7.33. The van der Waals surface area contributed by atoms with Crippen molar-refractivity contribution in [2.45, 2.75) is 67.3 Å². The van der Waals surface area contributed by atoms with Crippen LogP contribution in [0.3, 0.4) is 0 Å². The monoisotopic (exact) mass is 370 g/mol. The van der Waals surface area contributed by atoms with Crippen LogP contribution in [0.1, 0.15) is 61.9 Å². The summed E-state index contributed by atoms with van der Waals surface area (Å²) < 4.78 is 5.50. The highest BCUT2D eigenvalue weighted by Gasteiger charge is 2.23. The first-order valence-corrected chi connectivity index (χ1v) is 9.61. The largest absolute Gasteiger partial charge is 0.362 e. The molecule has 6 nitrogen and oxygen atoms in total. The Kier molecular flexibility index (Phi) is 5.27. The predicted molar refractivity (Wildman–Crippen MR) is 107 cm³/mol. The lowest BCUT2D eigenvalue weighted by Gasteiger charge is -2.31. The van der Waals surface area contributed by atoms with Crippen molar-refractivity contribution in [3.8, 4) is 0 Å². The summed E-state index contributed by atoms with van der Waals surface area (Å²) in [6, 6.07) is 2.13. The van der Waals surface area contributed by atoms with E-state index in [0.29, 0.717) is 18.8 Å². The predicted octanol–water partition coefficient (Wildman–Crippen LogP) is 4.32.